The maximum atomic E-state index is 13.3. The third-order valence-corrected chi connectivity index (χ3v) is 5.83. The van der Waals surface area contributed by atoms with Crippen LogP contribution in [0.2, 0.25) is 0 Å². The average molecular weight is 526 g/mol. The lowest BCUT2D eigenvalue weighted by Crippen LogP contribution is -2.43. The molecule has 1 atom stereocenters. The van der Waals surface area contributed by atoms with Crippen LogP contribution >= 0.6 is 0 Å². The first-order valence-electron chi connectivity index (χ1n) is 12.5. The normalized spacial score (nSPS) is 14.0. The molecule has 1 aliphatic heterocycles. The van der Waals surface area contributed by atoms with Crippen LogP contribution < -0.4 is 10.2 Å². The van der Waals surface area contributed by atoms with E-state index in [4.69, 9.17) is 14.2 Å². The highest BCUT2D eigenvalue weighted by molar-refractivity contribution is 5.95. The minimum Gasteiger partial charge on any atom is -0.467 e. The van der Waals surface area contributed by atoms with Gasteiger partial charge in [0, 0.05) is 25.2 Å². The molecule has 38 heavy (non-hydrogen) atoms. The summed E-state index contributed by atoms with van der Waals surface area (Å²) < 4.78 is 15.5. The van der Waals surface area contributed by atoms with Crippen LogP contribution in [0, 0.1) is 0 Å². The molecule has 204 valence electrons. The van der Waals surface area contributed by atoms with E-state index in [0.29, 0.717) is 12.2 Å². The molecule has 0 saturated heterocycles. The van der Waals surface area contributed by atoms with Gasteiger partial charge in [-0.15, -0.1) is 0 Å². The van der Waals surface area contributed by atoms with Crippen LogP contribution in [0.5, 0.6) is 0 Å². The lowest BCUT2D eigenvalue weighted by Gasteiger charge is -2.26. The van der Waals surface area contributed by atoms with E-state index in [1.165, 1.54) is 7.11 Å². The molecule has 0 aliphatic carbocycles. The van der Waals surface area contributed by atoms with Crippen LogP contribution in [-0.4, -0.2) is 60.8 Å². The maximum absolute atomic E-state index is 13.3. The molecule has 10 heteroatoms. The van der Waals surface area contributed by atoms with Crippen molar-refractivity contribution in [2.45, 2.75) is 58.4 Å². The van der Waals surface area contributed by atoms with E-state index in [1.807, 2.05) is 54.6 Å². The van der Waals surface area contributed by atoms with Crippen molar-refractivity contribution in [3.63, 3.8) is 0 Å². The van der Waals surface area contributed by atoms with Crippen molar-refractivity contribution < 1.29 is 33.4 Å². The number of methoxy groups -OCH3 is 1. The average Bonchev–Trinajstić information content (AvgIpc) is 3.09. The van der Waals surface area contributed by atoms with E-state index in [9.17, 15) is 19.2 Å². The second-order valence-electron chi connectivity index (χ2n) is 9.90. The minimum atomic E-state index is -1.06. The number of fused-ring (bicyclic) bond motifs is 1. The third-order valence-electron chi connectivity index (χ3n) is 5.83. The fraction of sp³-hybridized carbons (Fsp3) is 0.429. The number of nitrogens with one attached hydrogen (secondary N) is 1. The monoisotopic (exact) mass is 525 g/mol. The standard InChI is InChI=1S/C28H35N3O7/c1-28(2,3)38-27(35)30-16-17-31(23-13-9-8-12-21(23)18-30)24(32)15-14-22(25(33)36-4)29-26(34)37-19-20-10-6-5-7-11-20/h5-13,22H,14-19H2,1-4H3,(H,29,34)/t22-/m0/s1. The molecule has 3 amide bonds. The van der Waals surface area contributed by atoms with Gasteiger partial charge in [-0.3, -0.25) is 4.79 Å². The Kier molecular flexibility index (Phi) is 9.70. The maximum Gasteiger partial charge on any atom is 0.410 e. The van der Waals surface area contributed by atoms with Gasteiger partial charge >= 0.3 is 18.2 Å². The van der Waals surface area contributed by atoms with Crippen LogP contribution in [0.1, 0.15) is 44.7 Å². The highest BCUT2D eigenvalue weighted by Crippen LogP contribution is 2.27. The predicted molar refractivity (Wildman–Crippen MR) is 140 cm³/mol. The number of anilines is 1. The molecule has 2 aromatic rings. The number of carbonyl (C=O) groups excluding carboxylic acids is 4. The highest BCUT2D eigenvalue weighted by atomic mass is 16.6. The largest absolute Gasteiger partial charge is 0.467 e. The number of carbonyl (C=O) groups is 4. The van der Waals surface area contributed by atoms with Gasteiger partial charge in [-0.1, -0.05) is 48.5 Å². The van der Waals surface area contributed by atoms with Gasteiger partial charge in [0.05, 0.1) is 13.7 Å². The topological polar surface area (TPSA) is 114 Å². The first-order valence-corrected chi connectivity index (χ1v) is 12.5. The molecular formula is C28H35N3O7. The van der Waals surface area contributed by atoms with Gasteiger partial charge in [-0.2, -0.15) is 0 Å². The number of alkyl carbamates (subject to hydrolysis) is 1. The molecule has 0 radical (unpaired) electrons. The van der Waals surface area contributed by atoms with Gasteiger partial charge in [0.15, 0.2) is 0 Å². The Labute approximate surface area is 222 Å². The summed E-state index contributed by atoms with van der Waals surface area (Å²) in [4.78, 5) is 53.8. The summed E-state index contributed by atoms with van der Waals surface area (Å²) in [6, 6.07) is 15.4. The summed E-state index contributed by atoms with van der Waals surface area (Å²) in [7, 11) is 1.21. The van der Waals surface area contributed by atoms with Gasteiger partial charge in [-0.05, 0) is 44.4 Å². The fourth-order valence-electron chi connectivity index (χ4n) is 3.98. The van der Waals surface area contributed by atoms with Crippen molar-refractivity contribution in [3.8, 4) is 0 Å². The molecule has 2 aromatic carbocycles. The fourth-order valence-corrected chi connectivity index (χ4v) is 3.98. The van der Waals surface area contributed by atoms with Crippen molar-refractivity contribution in [1.29, 1.82) is 0 Å². The summed E-state index contributed by atoms with van der Waals surface area (Å²) in [5.74, 6) is -0.932. The van der Waals surface area contributed by atoms with Crippen molar-refractivity contribution in [2.75, 3.05) is 25.1 Å². The molecular weight excluding hydrogens is 490 g/mol. The van der Waals surface area contributed by atoms with E-state index in [0.717, 1.165) is 11.1 Å². The molecule has 0 aromatic heterocycles. The number of benzene rings is 2. The van der Waals surface area contributed by atoms with Gasteiger partial charge < -0.3 is 29.3 Å². The molecule has 0 bridgehead atoms. The third kappa shape index (κ3) is 8.22. The van der Waals surface area contributed by atoms with Crippen LogP contribution in [-0.2, 0) is 37.0 Å². The molecule has 1 aliphatic rings. The predicted octanol–water partition coefficient (Wildman–Crippen LogP) is 4.02. The van der Waals surface area contributed by atoms with E-state index in [2.05, 4.69) is 5.32 Å². The smallest absolute Gasteiger partial charge is 0.410 e. The first kappa shape index (κ1) is 28.5. The molecule has 1 N–H and O–H groups in total. The quantitative estimate of drug-likeness (QED) is 0.429. The van der Waals surface area contributed by atoms with Crippen molar-refractivity contribution in [1.82, 2.24) is 10.2 Å². The molecule has 0 unspecified atom stereocenters. The molecule has 10 nitrogen and oxygen atoms in total. The van der Waals surface area contributed by atoms with Crippen molar-refractivity contribution in [3.05, 3.63) is 65.7 Å². The second kappa shape index (κ2) is 12.9. The Balaban J connectivity index is 1.64. The van der Waals surface area contributed by atoms with E-state index < -0.39 is 29.8 Å². The molecule has 0 fully saturated rings. The SMILES string of the molecule is COC(=O)[C@H](CCC(=O)N1CCN(C(=O)OC(C)(C)C)Cc2ccccc21)NC(=O)OCc1ccccc1. The number of hydrogen-bond donors (Lipinski definition) is 1. The Bertz CT molecular complexity index is 1130. The Morgan fingerprint density at radius 3 is 2.34 bits per heavy atom. The number of ether oxygens (including phenoxy) is 3. The van der Waals surface area contributed by atoms with Crippen LogP contribution in [0.3, 0.4) is 0 Å². The zero-order valence-electron chi connectivity index (χ0n) is 22.3. The minimum absolute atomic E-state index is 0.0143. The van der Waals surface area contributed by atoms with Crippen LogP contribution in [0.25, 0.3) is 0 Å². The molecule has 0 spiro atoms. The summed E-state index contributed by atoms with van der Waals surface area (Å²) in [6.07, 6.45) is -1.27. The van der Waals surface area contributed by atoms with Gasteiger partial charge in [0.2, 0.25) is 5.91 Å². The lowest BCUT2D eigenvalue weighted by molar-refractivity contribution is -0.143. The summed E-state index contributed by atoms with van der Waals surface area (Å²) >= 11 is 0. The first-order chi connectivity index (χ1) is 18.1. The van der Waals surface area contributed by atoms with Gasteiger partial charge in [0.25, 0.3) is 0 Å². The number of nitrogens with zero attached hydrogens (tertiary/aromatic N) is 2. The van der Waals surface area contributed by atoms with E-state index in [-0.39, 0.29) is 38.4 Å². The van der Waals surface area contributed by atoms with Gasteiger partial charge in [0.1, 0.15) is 18.2 Å². The number of amides is 3. The van der Waals surface area contributed by atoms with Crippen molar-refractivity contribution >= 4 is 29.8 Å². The lowest BCUT2D eigenvalue weighted by atomic mass is 10.1. The summed E-state index contributed by atoms with van der Waals surface area (Å²) in [5.41, 5.74) is 1.65. The molecule has 1 heterocycles. The van der Waals surface area contributed by atoms with E-state index in [1.54, 1.807) is 30.6 Å². The van der Waals surface area contributed by atoms with Crippen LogP contribution in [0.4, 0.5) is 15.3 Å². The Morgan fingerprint density at radius 2 is 1.66 bits per heavy atom. The second-order valence-corrected chi connectivity index (χ2v) is 9.90. The summed E-state index contributed by atoms with van der Waals surface area (Å²) in [6.45, 7) is 6.28. The Hall–Kier alpha value is -4.08. The zero-order valence-corrected chi connectivity index (χ0v) is 22.3. The number of hydrogen-bond acceptors (Lipinski definition) is 7. The van der Waals surface area contributed by atoms with Crippen molar-refractivity contribution in [2.24, 2.45) is 0 Å². The van der Waals surface area contributed by atoms with E-state index >= 15 is 0 Å². The summed E-state index contributed by atoms with van der Waals surface area (Å²) in [5, 5.41) is 2.50. The Morgan fingerprint density at radius 1 is 0.974 bits per heavy atom. The highest BCUT2D eigenvalue weighted by Gasteiger charge is 2.30. The number of para-hydroxylation sites is 1. The zero-order chi connectivity index (χ0) is 27.7. The number of rotatable bonds is 7. The molecule has 0 saturated carbocycles. The van der Waals surface area contributed by atoms with Crippen LogP contribution in [0.15, 0.2) is 54.6 Å². The molecule has 3 rings (SSSR count). The number of esters is 1. The van der Waals surface area contributed by atoms with Gasteiger partial charge in [-0.25, -0.2) is 14.4 Å².